The summed E-state index contributed by atoms with van der Waals surface area (Å²) in [7, 11) is 0. The van der Waals surface area contributed by atoms with Crippen LogP contribution in [0.15, 0.2) is 23.0 Å². The molecule has 2 aromatic rings. The van der Waals surface area contributed by atoms with Gasteiger partial charge in [-0.05, 0) is 56.4 Å². The van der Waals surface area contributed by atoms with Crippen molar-refractivity contribution in [3.05, 3.63) is 56.8 Å². The first kappa shape index (κ1) is 28.1. The van der Waals surface area contributed by atoms with Crippen LogP contribution in [-0.4, -0.2) is 39.6 Å². The molecule has 0 N–H and O–H groups in total. The van der Waals surface area contributed by atoms with E-state index in [1.165, 1.54) is 6.07 Å². The van der Waals surface area contributed by atoms with Crippen LogP contribution in [0.1, 0.15) is 92.3 Å². The summed E-state index contributed by atoms with van der Waals surface area (Å²) in [5.74, 6) is -0.0414. The SMILES string of the molecule is CCCCOc1c2n(c(CC3(c4cc(CF)cc(C(F)(F)F)c4)CCCC3)nc1=O)CCN(C(C)C)C2=O. The second-order valence-electron chi connectivity index (χ2n) is 10.7. The summed E-state index contributed by atoms with van der Waals surface area (Å²) in [6.45, 7) is 5.85. The minimum Gasteiger partial charge on any atom is -0.486 e. The van der Waals surface area contributed by atoms with Crippen LogP contribution in [0.4, 0.5) is 17.6 Å². The molecule has 1 amide bonds. The molecule has 1 saturated carbocycles. The molecular weight excluding hydrogens is 502 g/mol. The Morgan fingerprint density at radius 1 is 1.11 bits per heavy atom. The lowest BCUT2D eigenvalue weighted by molar-refractivity contribution is -0.137. The fraction of sp³-hybridized carbons (Fsp3) is 0.607. The molecule has 0 atom stereocenters. The quantitative estimate of drug-likeness (QED) is 0.298. The number of amides is 1. The van der Waals surface area contributed by atoms with Gasteiger partial charge in [0.2, 0.25) is 5.75 Å². The fourth-order valence-electron chi connectivity index (χ4n) is 5.72. The topological polar surface area (TPSA) is 64.4 Å². The molecule has 1 fully saturated rings. The Balaban J connectivity index is 1.84. The summed E-state index contributed by atoms with van der Waals surface area (Å²) >= 11 is 0. The van der Waals surface area contributed by atoms with Crippen LogP contribution in [0.3, 0.4) is 0 Å². The van der Waals surface area contributed by atoms with Gasteiger partial charge in [-0.1, -0.05) is 32.3 Å². The van der Waals surface area contributed by atoms with Gasteiger partial charge in [0, 0.05) is 31.0 Å². The standard InChI is InChI=1S/C28H35F4N3O3/c1-4-5-12-38-24-23-26(37)34(18(2)3)10-11-35(23)22(33-25(24)36)16-27(8-6-7-9-27)20-13-19(17-29)14-21(15-20)28(30,31)32/h13-15,18H,4-12,16-17H2,1-3H3. The van der Waals surface area contributed by atoms with Crippen LogP contribution in [0.25, 0.3) is 0 Å². The summed E-state index contributed by atoms with van der Waals surface area (Å²) < 4.78 is 62.2. The van der Waals surface area contributed by atoms with Crippen molar-refractivity contribution in [1.29, 1.82) is 0 Å². The first-order valence-corrected chi connectivity index (χ1v) is 13.4. The number of ether oxygens (including phenoxy) is 1. The minimum absolute atomic E-state index is 0.0318. The Morgan fingerprint density at radius 3 is 2.42 bits per heavy atom. The second kappa shape index (κ2) is 11.1. The van der Waals surface area contributed by atoms with Crippen molar-refractivity contribution < 1.29 is 27.1 Å². The summed E-state index contributed by atoms with van der Waals surface area (Å²) in [5.41, 5.74) is -1.77. The number of nitrogens with zero attached hydrogens (tertiary/aromatic N) is 3. The molecule has 0 saturated heterocycles. The highest BCUT2D eigenvalue weighted by Gasteiger charge is 2.41. The highest BCUT2D eigenvalue weighted by molar-refractivity contribution is 5.96. The maximum Gasteiger partial charge on any atom is 0.416 e. The van der Waals surface area contributed by atoms with Crippen LogP contribution in [0.5, 0.6) is 5.75 Å². The first-order chi connectivity index (χ1) is 18.0. The zero-order valence-electron chi connectivity index (χ0n) is 22.2. The average molecular weight is 538 g/mol. The van der Waals surface area contributed by atoms with E-state index in [-0.39, 0.29) is 42.0 Å². The number of benzene rings is 1. The Labute approximate surface area is 220 Å². The lowest BCUT2D eigenvalue weighted by atomic mass is 9.74. The first-order valence-electron chi connectivity index (χ1n) is 13.4. The molecule has 1 aromatic heterocycles. The van der Waals surface area contributed by atoms with Gasteiger partial charge in [0.1, 0.15) is 12.5 Å². The van der Waals surface area contributed by atoms with Crippen LogP contribution in [0, 0.1) is 0 Å². The summed E-state index contributed by atoms with van der Waals surface area (Å²) in [6.07, 6.45) is -0.157. The fourth-order valence-corrected chi connectivity index (χ4v) is 5.72. The number of carbonyl (C=O) groups is 1. The number of hydrogen-bond acceptors (Lipinski definition) is 4. The molecule has 208 valence electrons. The molecule has 0 spiro atoms. The minimum atomic E-state index is -4.61. The normalized spacial score (nSPS) is 17.3. The van der Waals surface area contributed by atoms with Crippen LogP contribution in [-0.2, 0) is 31.2 Å². The number of rotatable bonds is 9. The van der Waals surface area contributed by atoms with E-state index >= 15 is 0 Å². The number of aromatic nitrogens is 2. The van der Waals surface area contributed by atoms with Gasteiger partial charge in [0.05, 0.1) is 12.2 Å². The molecule has 1 aromatic carbocycles. The Kier molecular flexibility index (Phi) is 8.18. The van der Waals surface area contributed by atoms with Crippen molar-refractivity contribution in [2.75, 3.05) is 13.2 Å². The molecule has 1 aliphatic carbocycles. The lowest BCUT2D eigenvalue weighted by Crippen LogP contribution is -2.47. The molecular formula is C28H35F4N3O3. The van der Waals surface area contributed by atoms with Gasteiger partial charge in [-0.25, -0.2) is 4.39 Å². The maximum atomic E-state index is 13.7. The van der Waals surface area contributed by atoms with Crippen molar-refractivity contribution in [1.82, 2.24) is 14.5 Å². The van der Waals surface area contributed by atoms with Crippen LogP contribution < -0.4 is 10.3 Å². The predicted molar refractivity (Wildman–Crippen MR) is 135 cm³/mol. The van der Waals surface area contributed by atoms with Crippen molar-refractivity contribution in [2.45, 2.75) is 96.6 Å². The highest BCUT2D eigenvalue weighted by Crippen LogP contribution is 2.45. The summed E-state index contributed by atoms with van der Waals surface area (Å²) in [4.78, 5) is 32.8. The third-order valence-corrected chi connectivity index (χ3v) is 7.76. The van der Waals surface area contributed by atoms with Gasteiger partial charge in [0.25, 0.3) is 5.91 Å². The number of fused-ring (bicyclic) bond motifs is 1. The number of alkyl halides is 4. The van der Waals surface area contributed by atoms with Crippen LogP contribution >= 0.6 is 0 Å². The van der Waals surface area contributed by atoms with Gasteiger partial charge in [0.15, 0.2) is 5.69 Å². The molecule has 0 radical (unpaired) electrons. The monoisotopic (exact) mass is 537 g/mol. The van der Waals surface area contributed by atoms with Crippen molar-refractivity contribution in [3.8, 4) is 5.75 Å². The van der Waals surface area contributed by atoms with E-state index in [9.17, 15) is 27.2 Å². The number of halogens is 4. The Morgan fingerprint density at radius 2 is 1.82 bits per heavy atom. The predicted octanol–water partition coefficient (Wildman–Crippen LogP) is 5.83. The van der Waals surface area contributed by atoms with E-state index in [1.54, 1.807) is 9.47 Å². The van der Waals surface area contributed by atoms with E-state index in [0.29, 0.717) is 43.7 Å². The molecule has 10 heteroatoms. The molecule has 0 unspecified atom stereocenters. The Hall–Kier alpha value is -2.91. The van der Waals surface area contributed by atoms with Crippen molar-refractivity contribution in [2.24, 2.45) is 0 Å². The third-order valence-electron chi connectivity index (χ3n) is 7.76. The van der Waals surface area contributed by atoms with Gasteiger partial charge in [-0.2, -0.15) is 18.2 Å². The molecule has 0 bridgehead atoms. The van der Waals surface area contributed by atoms with Crippen LogP contribution in [0.2, 0.25) is 0 Å². The third kappa shape index (κ3) is 5.45. The molecule has 6 nitrogen and oxygen atoms in total. The van der Waals surface area contributed by atoms with Gasteiger partial charge in [-0.3, -0.25) is 9.59 Å². The average Bonchev–Trinajstić information content (AvgIpc) is 3.34. The zero-order valence-corrected chi connectivity index (χ0v) is 22.2. The molecule has 2 heterocycles. The smallest absolute Gasteiger partial charge is 0.416 e. The number of hydrogen-bond donors (Lipinski definition) is 0. The van der Waals surface area contributed by atoms with E-state index in [1.807, 2.05) is 20.8 Å². The number of unbranched alkanes of at least 4 members (excludes halogenated alkanes) is 1. The molecule has 2 aliphatic rings. The molecule has 1 aliphatic heterocycles. The van der Waals surface area contributed by atoms with Gasteiger partial charge >= 0.3 is 11.7 Å². The highest BCUT2D eigenvalue weighted by atomic mass is 19.4. The van der Waals surface area contributed by atoms with Gasteiger partial charge < -0.3 is 14.2 Å². The van der Waals surface area contributed by atoms with Crippen molar-refractivity contribution >= 4 is 5.91 Å². The van der Waals surface area contributed by atoms with E-state index < -0.39 is 29.4 Å². The summed E-state index contributed by atoms with van der Waals surface area (Å²) in [6, 6.07) is 3.37. The van der Waals surface area contributed by atoms with Gasteiger partial charge in [-0.15, -0.1) is 0 Å². The zero-order chi connectivity index (χ0) is 27.7. The van der Waals surface area contributed by atoms with E-state index in [4.69, 9.17) is 4.74 Å². The maximum absolute atomic E-state index is 13.7. The van der Waals surface area contributed by atoms with E-state index in [2.05, 4.69) is 4.98 Å². The molecule has 38 heavy (non-hydrogen) atoms. The largest absolute Gasteiger partial charge is 0.486 e. The Bertz CT molecular complexity index is 1230. The number of carbonyl (C=O) groups excluding carboxylic acids is 1. The van der Waals surface area contributed by atoms with Crippen molar-refractivity contribution in [3.63, 3.8) is 0 Å². The summed E-state index contributed by atoms with van der Waals surface area (Å²) in [5, 5.41) is 0. The van der Waals surface area contributed by atoms with E-state index in [0.717, 1.165) is 31.4 Å². The lowest BCUT2D eigenvalue weighted by Gasteiger charge is -2.36. The second-order valence-corrected chi connectivity index (χ2v) is 10.7. The molecule has 4 rings (SSSR count).